The van der Waals surface area contributed by atoms with Crippen molar-refractivity contribution < 1.29 is 14.3 Å². The largest absolute Gasteiger partial charge is 0.459 e. The number of rotatable bonds is 5. The van der Waals surface area contributed by atoms with Gasteiger partial charge in [-0.25, -0.2) is 0 Å². The highest BCUT2D eigenvalue weighted by Gasteiger charge is 2.51. The van der Waals surface area contributed by atoms with Crippen LogP contribution in [0.25, 0.3) is 11.3 Å². The van der Waals surface area contributed by atoms with Crippen LogP contribution in [0.3, 0.4) is 0 Å². The number of furan rings is 1. The smallest absolute Gasteiger partial charge is 0.226 e. The molecule has 4 aliphatic carbocycles. The number of benzene rings is 1. The third-order valence-corrected chi connectivity index (χ3v) is 7.40. The zero-order valence-corrected chi connectivity index (χ0v) is 17.8. The highest BCUT2D eigenvalue weighted by Crippen LogP contribution is 2.61. The standard InChI is InChI=1S/C24H28N2O3S/c27-14-20-5-6-21(29-20)18-1-3-19(4-2-18)25-23(30)26-22(28)13-24-10-15-7-16(11-24)9-17(8-15)12-24/h1-6,15-17,27H,7-14H2,(H2,25,26,28,30). The predicted molar refractivity (Wildman–Crippen MR) is 120 cm³/mol. The summed E-state index contributed by atoms with van der Waals surface area (Å²) in [5.41, 5.74) is 1.94. The van der Waals surface area contributed by atoms with Crippen LogP contribution in [-0.4, -0.2) is 16.1 Å². The number of amides is 1. The van der Waals surface area contributed by atoms with E-state index >= 15 is 0 Å². The van der Waals surface area contributed by atoms with Gasteiger partial charge in [0, 0.05) is 17.7 Å². The topological polar surface area (TPSA) is 74.5 Å². The highest BCUT2D eigenvalue weighted by atomic mass is 32.1. The Labute approximate surface area is 182 Å². The van der Waals surface area contributed by atoms with E-state index in [4.69, 9.17) is 21.7 Å². The molecule has 1 aromatic carbocycles. The summed E-state index contributed by atoms with van der Waals surface area (Å²) in [6.07, 6.45) is 8.42. The van der Waals surface area contributed by atoms with Crippen molar-refractivity contribution in [3.63, 3.8) is 0 Å². The van der Waals surface area contributed by atoms with E-state index in [-0.39, 0.29) is 17.9 Å². The molecule has 4 bridgehead atoms. The number of hydrogen-bond donors (Lipinski definition) is 3. The molecule has 4 fully saturated rings. The molecular formula is C24H28N2O3S. The molecule has 0 aliphatic heterocycles. The quantitative estimate of drug-likeness (QED) is 0.598. The Morgan fingerprint density at radius 2 is 1.67 bits per heavy atom. The number of aliphatic hydroxyl groups excluding tert-OH is 1. The second-order valence-electron chi connectivity index (χ2n) is 9.60. The normalized spacial score (nSPS) is 29.0. The van der Waals surface area contributed by atoms with E-state index in [1.165, 1.54) is 38.5 Å². The molecular weight excluding hydrogens is 396 g/mol. The molecule has 0 saturated heterocycles. The molecule has 0 spiro atoms. The zero-order chi connectivity index (χ0) is 20.7. The van der Waals surface area contributed by atoms with E-state index in [1.807, 2.05) is 30.3 Å². The number of aliphatic hydroxyl groups is 1. The Bertz CT molecular complexity index is 914. The van der Waals surface area contributed by atoms with Crippen LogP contribution in [0.1, 0.15) is 50.7 Å². The first-order chi connectivity index (χ1) is 14.5. The average molecular weight is 425 g/mol. The third-order valence-electron chi connectivity index (χ3n) is 7.20. The molecule has 1 amide bonds. The van der Waals surface area contributed by atoms with Crippen molar-refractivity contribution in [2.45, 2.75) is 51.6 Å². The van der Waals surface area contributed by atoms with Gasteiger partial charge in [-0.1, -0.05) is 0 Å². The number of carbonyl (C=O) groups is 1. The van der Waals surface area contributed by atoms with Crippen molar-refractivity contribution >= 4 is 28.9 Å². The monoisotopic (exact) mass is 424 g/mol. The summed E-state index contributed by atoms with van der Waals surface area (Å²) in [7, 11) is 0. The maximum absolute atomic E-state index is 12.7. The van der Waals surface area contributed by atoms with Crippen LogP contribution >= 0.6 is 12.2 Å². The lowest BCUT2D eigenvalue weighted by Crippen LogP contribution is -2.48. The fraction of sp³-hybridized carbons (Fsp3) is 0.500. The van der Waals surface area contributed by atoms with E-state index in [2.05, 4.69) is 10.6 Å². The van der Waals surface area contributed by atoms with Gasteiger partial charge in [-0.05, 0) is 110 Å². The molecule has 0 unspecified atom stereocenters. The van der Waals surface area contributed by atoms with Crippen molar-refractivity contribution in [3.05, 3.63) is 42.2 Å². The molecule has 0 atom stereocenters. The van der Waals surface area contributed by atoms with Crippen molar-refractivity contribution in [2.24, 2.45) is 23.2 Å². The van der Waals surface area contributed by atoms with Gasteiger partial charge < -0.3 is 20.2 Å². The van der Waals surface area contributed by atoms with Crippen molar-refractivity contribution in [1.29, 1.82) is 0 Å². The van der Waals surface area contributed by atoms with Crippen LogP contribution in [0.2, 0.25) is 0 Å². The summed E-state index contributed by atoms with van der Waals surface area (Å²) in [6, 6.07) is 11.2. The Morgan fingerprint density at radius 1 is 1.03 bits per heavy atom. The van der Waals surface area contributed by atoms with Gasteiger partial charge in [0.25, 0.3) is 0 Å². The maximum Gasteiger partial charge on any atom is 0.226 e. The summed E-state index contributed by atoms with van der Waals surface area (Å²) in [6.45, 7) is -0.114. The molecule has 30 heavy (non-hydrogen) atoms. The molecule has 6 rings (SSSR count). The molecule has 1 aromatic heterocycles. The number of nitrogens with one attached hydrogen (secondary N) is 2. The highest BCUT2D eigenvalue weighted by molar-refractivity contribution is 7.80. The molecule has 158 valence electrons. The van der Waals surface area contributed by atoms with Gasteiger partial charge in [0.1, 0.15) is 18.1 Å². The predicted octanol–water partition coefficient (Wildman–Crippen LogP) is 4.86. The molecule has 4 saturated carbocycles. The lowest BCUT2D eigenvalue weighted by atomic mass is 9.49. The van der Waals surface area contributed by atoms with Crippen molar-refractivity contribution in [2.75, 3.05) is 5.32 Å². The SMILES string of the molecule is O=C(CC12CC3CC(CC(C3)C1)C2)NC(=S)Nc1ccc(-c2ccc(CO)o2)cc1. The molecule has 3 N–H and O–H groups in total. The van der Waals surface area contributed by atoms with E-state index < -0.39 is 0 Å². The fourth-order valence-electron chi connectivity index (χ4n) is 6.52. The van der Waals surface area contributed by atoms with Crippen molar-refractivity contribution in [1.82, 2.24) is 5.32 Å². The average Bonchev–Trinajstić information content (AvgIpc) is 3.16. The first-order valence-electron chi connectivity index (χ1n) is 10.9. The van der Waals surface area contributed by atoms with Gasteiger partial charge >= 0.3 is 0 Å². The van der Waals surface area contributed by atoms with Gasteiger partial charge in [0.15, 0.2) is 5.11 Å². The summed E-state index contributed by atoms with van der Waals surface area (Å²) < 4.78 is 5.55. The number of carbonyl (C=O) groups excluding carboxylic acids is 1. The van der Waals surface area contributed by atoms with E-state index in [9.17, 15) is 4.79 Å². The second kappa shape index (κ2) is 7.82. The minimum atomic E-state index is -0.114. The summed E-state index contributed by atoms with van der Waals surface area (Å²) in [5.74, 6) is 3.81. The molecule has 1 heterocycles. The Hall–Kier alpha value is -2.18. The van der Waals surface area contributed by atoms with E-state index in [1.54, 1.807) is 6.07 Å². The Morgan fingerprint density at radius 3 is 2.23 bits per heavy atom. The lowest BCUT2D eigenvalue weighted by Gasteiger charge is -2.56. The maximum atomic E-state index is 12.7. The first kappa shape index (κ1) is 19.8. The van der Waals surface area contributed by atoms with E-state index in [0.29, 0.717) is 23.1 Å². The zero-order valence-electron chi connectivity index (χ0n) is 17.0. The van der Waals surface area contributed by atoms with Crippen molar-refractivity contribution in [3.8, 4) is 11.3 Å². The second-order valence-corrected chi connectivity index (χ2v) is 10.0. The van der Waals surface area contributed by atoms with Crippen LogP contribution in [0.5, 0.6) is 0 Å². The first-order valence-corrected chi connectivity index (χ1v) is 11.3. The Balaban J connectivity index is 1.16. The fourth-order valence-corrected chi connectivity index (χ4v) is 6.75. The summed E-state index contributed by atoms with van der Waals surface area (Å²) in [4.78, 5) is 12.7. The van der Waals surface area contributed by atoms with Gasteiger partial charge in [-0.3, -0.25) is 4.79 Å². The number of hydrogen-bond acceptors (Lipinski definition) is 4. The third kappa shape index (κ3) is 4.03. The molecule has 4 aliphatic rings. The van der Waals surface area contributed by atoms with Crippen LogP contribution in [0.15, 0.2) is 40.8 Å². The van der Waals surface area contributed by atoms with Gasteiger partial charge in [0.05, 0.1) is 0 Å². The van der Waals surface area contributed by atoms with E-state index in [0.717, 1.165) is 29.0 Å². The summed E-state index contributed by atoms with van der Waals surface area (Å²) >= 11 is 5.38. The van der Waals surface area contributed by atoms with Crippen LogP contribution in [0.4, 0.5) is 5.69 Å². The minimum absolute atomic E-state index is 0.0400. The molecule has 2 aromatic rings. The summed E-state index contributed by atoms with van der Waals surface area (Å²) in [5, 5.41) is 15.5. The minimum Gasteiger partial charge on any atom is -0.459 e. The van der Waals surface area contributed by atoms with Gasteiger partial charge in [-0.2, -0.15) is 0 Å². The van der Waals surface area contributed by atoms with Gasteiger partial charge in [0.2, 0.25) is 5.91 Å². The van der Waals surface area contributed by atoms with Crippen LogP contribution in [0, 0.1) is 23.2 Å². The molecule has 0 radical (unpaired) electrons. The van der Waals surface area contributed by atoms with Gasteiger partial charge in [-0.15, -0.1) is 0 Å². The van der Waals surface area contributed by atoms with Crippen LogP contribution < -0.4 is 10.6 Å². The molecule has 6 heteroatoms. The number of anilines is 1. The number of thiocarbonyl (C=S) groups is 1. The lowest BCUT2D eigenvalue weighted by molar-refractivity contribution is -0.127. The Kier molecular flexibility index (Phi) is 5.15. The molecule has 5 nitrogen and oxygen atoms in total. The van der Waals surface area contributed by atoms with Crippen LogP contribution in [-0.2, 0) is 11.4 Å².